The van der Waals surface area contributed by atoms with Gasteiger partial charge in [-0.15, -0.1) is 0 Å². The van der Waals surface area contributed by atoms with Gasteiger partial charge in [0.1, 0.15) is 0 Å². The van der Waals surface area contributed by atoms with E-state index >= 15 is 0 Å². The monoisotopic (exact) mass is 248 g/mol. The Hall–Kier alpha value is 1.88. The third kappa shape index (κ3) is 77.0. The fraction of sp³-hybridized carbons (Fsp3) is 0. The molecule has 0 bridgehead atoms. The standard InChI is InChI=1S/Cs.H2O4S.H2O/c;1-5(2,3)4;/h;(H2,1,2,3,4);1H2/q+1;;/p-1. The van der Waals surface area contributed by atoms with E-state index in [1.54, 1.807) is 0 Å². The maximum Gasteiger partial charge on any atom is 1.00 e. The van der Waals surface area contributed by atoms with Crippen LogP contribution in [0.4, 0.5) is 0 Å². The smallest absolute Gasteiger partial charge is 0.870 e. The van der Waals surface area contributed by atoms with Crippen LogP contribution in [0.3, 0.4) is 0 Å². The largest absolute Gasteiger partial charge is 1.00 e. The zero-order chi connectivity index (χ0) is 4.50. The van der Waals surface area contributed by atoms with Crippen LogP contribution in [-0.2, 0) is 10.4 Å². The fourth-order valence-electron chi connectivity index (χ4n) is 0. The Balaban J connectivity index is -0.0000000800. The Morgan fingerprint density at radius 3 is 1.14 bits per heavy atom. The van der Waals surface area contributed by atoms with Crippen LogP contribution in [0.15, 0.2) is 0 Å². The van der Waals surface area contributed by atoms with Crippen molar-refractivity contribution in [2.45, 2.75) is 0 Å². The molecule has 0 aromatic rings. The molecule has 0 saturated carbocycles. The molecule has 0 aromatic carbocycles. The minimum absolute atomic E-state index is 0. The molecule has 7 heavy (non-hydrogen) atoms. The molecule has 0 atom stereocenters. The van der Waals surface area contributed by atoms with Crippen LogP contribution in [0.25, 0.3) is 0 Å². The molecule has 40 valence electrons. The normalized spacial score (nSPS) is 8.29. The van der Waals surface area contributed by atoms with Gasteiger partial charge in [0.05, 0.1) is 0 Å². The molecule has 0 spiro atoms. The Morgan fingerprint density at radius 2 is 1.14 bits per heavy atom. The van der Waals surface area contributed by atoms with Crippen molar-refractivity contribution in [1.82, 2.24) is 0 Å². The van der Waals surface area contributed by atoms with Gasteiger partial charge >= 0.3 is 79.3 Å². The van der Waals surface area contributed by atoms with Gasteiger partial charge in [-0.2, -0.15) is 8.42 Å². The summed E-state index contributed by atoms with van der Waals surface area (Å²) in [7, 11) is -4.67. The minimum atomic E-state index is -4.67. The molecule has 5 nitrogen and oxygen atoms in total. The SMILES string of the molecule is O=S(=O)(O)O.[Cs+].[OH-]. The molecule has 0 heterocycles. The molecule has 3 N–H and O–H groups in total. The predicted molar refractivity (Wildman–Crippen MR) is 16.1 cm³/mol. The van der Waals surface area contributed by atoms with Crippen molar-refractivity contribution >= 4 is 10.4 Å². The second-order valence-corrected chi connectivity index (χ2v) is 1.34. The van der Waals surface area contributed by atoms with E-state index in [2.05, 4.69) is 0 Å². The summed E-state index contributed by atoms with van der Waals surface area (Å²) < 4.78 is 31.6. The first-order valence-electron chi connectivity index (χ1n) is 0.698. The third-order valence-electron chi connectivity index (χ3n) is 0. The van der Waals surface area contributed by atoms with Crippen LogP contribution in [0.1, 0.15) is 0 Å². The van der Waals surface area contributed by atoms with E-state index in [0.717, 1.165) is 0 Å². The molecular weight excluding hydrogens is 245 g/mol. The summed E-state index contributed by atoms with van der Waals surface area (Å²) in [6, 6.07) is 0. The van der Waals surface area contributed by atoms with Crippen LogP contribution in [0.5, 0.6) is 0 Å². The molecule has 0 aliphatic heterocycles. The summed E-state index contributed by atoms with van der Waals surface area (Å²) >= 11 is 0. The van der Waals surface area contributed by atoms with Gasteiger partial charge in [-0.25, -0.2) is 0 Å². The van der Waals surface area contributed by atoms with E-state index in [1.807, 2.05) is 0 Å². The molecule has 0 rings (SSSR count). The fourth-order valence-corrected chi connectivity index (χ4v) is 0. The van der Waals surface area contributed by atoms with Gasteiger partial charge < -0.3 is 5.48 Å². The molecule has 0 fully saturated rings. The summed E-state index contributed by atoms with van der Waals surface area (Å²) in [5, 5.41) is 0. The Labute approximate surface area is 99.8 Å². The summed E-state index contributed by atoms with van der Waals surface area (Å²) in [6.45, 7) is 0. The zero-order valence-electron chi connectivity index (χ0n) is 3.57. The van der Waals surface area contributed by atoms with Crippen LogP contribution >= 0.6 is 0 Å². The molecule has 0 aliphatic rings. The third-order valence-corrected chi connectivity index (χ3v) is 0. The molecular formula is H3CsO5S. The van der Waals surface area contributed by atoms with Crippen molar-refractivity contribution in [3.05, 3.63) is 0 Å². The van der Waals surface area contributed by atoms with Crippen LogP contribution in [0.2, 0.25) is 0 Å². The Kier molecular flexibility index (Phi) is 13.7. The molecule has 0 unspecified atom stereocenters. The van der Waals surface area contributed by atoms with E-state index in [4.69, 9.17) is 17.5 Å². The van der Waals surface area contributed by atoms with Gasteiger partial charge in [0.2, 0.25) is 0 Å². The van der Waals surface area contributed by atoms with Crippen molar-refractivity contribution in [3.63, 3.8) is 0 Å². The number of rotatable bonds is 0. The van der Waals surface area contributed by atoms with Gasteiger partial charge in [-0.05, 0) is 0 Å². The van der Waals surface area contributed by atoms with Crippen molar-refractivity contribution in [2.24, 2.45) is 0 Å². The first-order chi connectivity index (χ1) is 2.00. The maximum absolute atomic E-state index is 8.74. The molecule has 0 amide bonds. The number of hydrogen-bond acceptors (Lipinski definition) is 3. The van der Waals surface area contributed by atoms with E-state index < -0.39 is 10.4 Å². The Bertz CT molecular complexity index is 91.2. The predicted octanol–water partition coefficient (Wildman–Crippen LogP) is -3.83. The van der Waals surface area contributed by atoms with Crippen molar-refractivity contribution in [3.8, 4) is 0 Å². The first-order valence-corrected chi connectivity index (χ1v) is 2.10. The molecule has 0 aromatic heterocycles. The first kappa shape index (κ1) is 15.9. The molecule has 0 aliphatic carbocycles. The summed E-state index contributed by atoms with van der Waals surface area (Å²) in [4.78, 5) is 0. The van der Waals surface area contributed by atoms with Gasteiger partial charge in [-0.3, -0.25) is 9.11 Å². The summed E-state index contributed by atoms with van der Waals surface area (Å²) in [5.41, 5.74) is 0. The average molecular weight is 248 g/mol. The molecule has 7 heteroatoms. The van der Waals surface area contributed by atoms with Crippen LogP contribution in [0, 0.1) is 0 Å². The number of hydrogen-bond donors (Lipinski definition) is 2. The molecule has 0 radical (unpaired) electrons. The average Bonchev–Trinajstić information content (AvgIpc) is 0.722. The van der Waals surface area contributed by atoms with E-state index in [0.29, 0.717) is 0 Å². The summed E-state index contributed by atoms with van der Waals surface area (Å²) in [6.07, 6.45) is 0. The van der Waals surface area contributed by atoms with E-state index in [1.165, 1.54) is 0 Å². The van der Waals surface area contributed by atoms with Crippen LogP contribution in [-0.4, -0.2) is 23.0 Å². The van der Waals surface area contributed by atoms with Crippen molar-refractivity contribution in [2.75, 3.05) is 0 Å². The second kappa shape index (κ2) is 6.01. The quantitative estimate of drug-likeness (QED) is 0.427. The second-order valence-electron chi connectivity index (χ2n) is 0.448. The van der Waals surface area contributed by atoms with Gasteiger partial charge in [-0.1, -0.05) is 0 Å². The maximum atomic E-state index is 8.74. The molecule has 0 saturated heterocycles. The zero-order valence-corrected chi connectivity index (χ0v) is 10.7. The van der Waals surface area contributed by atoms with Gasteiger partial charge in [0, 0.05) is 0 Å². The van der Waals surface area contributed by atoms with Crippen molar-refractivity contribution in [1.29, 1.82) is 0 Å². The van der Waals surface area contributed by atoms with E-state index in [9.17, 15) is 0 Å². The Morgan fingerprint density at radius 1 is 1.14 bits per heavy atom. The van der Waals surface area contributed by atoms with Crippen molar-refractivity contribution < 1.29 is 91.9 Å². The summed E-state index contributed by atoms with van der Waals surface area (Å²) in [5.74, 6) is 0. The topological polar surface area (TPSA) is 105 Å². The minimum Gasteiger partial charge on any atom is -0.870 e. The van der Waals surface area contributed by atoms with E-state index in [-0.39, 0.29) is 74.4 Å². The van der Waals surface area contributed by atoms with Crippen LogP contribution < -0.4 is 68.9 Å². The van der Waals surface area contributed by atoms with Gasteiger partial charge in [0.25, 0.3) is 0 Å². The van der Waals surface area contributed by atoms with Gasteiger partial charge in [0.15, 0.2) is 0 Å².